The topological polar surface area (TPSA) is 101 Å². The molecular weight excluding hydrogens is 484 g/mol. The molecule has 1 amide bonds. The third-order valence-corrected chi connectivity index (χ3v) is 6.89. The van der Waals surface area contributed by atoms with Crippen molar-refractivity contribution in [2.45, 2.75) is 12.5 Å². The van der Waals surface area contributed by atoms with E-state index in [-0.39, 0.29) is 17.9 Å². The highest BCUT2D eigenvalue weighted by Gasteiger charge is 2.46. The first-order valence-electron chi connectivity index (χ1n) is 12.2. The predicted molar refractivity (Wildman–Crippen MR) is 144 cm³/mol. The number of nitrogens with zero attached hydrogens (tertiary/aromatic N) is 1. The number of nitrogens with one attached hydrogen (secondary N) is 1. The van der Waals surface area contributed by atoms with Gasteiger partial charge in [0.2, 0.25) is 0 Å². The number of carbonyl (C=O) groups is 2. The number of H-pyrrole nitrogens is 1. The Balaban J connectivity index is 1.57. The van der Waals surface area contributed by atoms with Crippen molar-refractivity contribution in [1.29, 1.82) is 0 Å². The molecule has 1 atom stereocenters. The molecule has 1 saturated heterocycles. The lowest BCUT2D eigenvalue weighted by Crippen LogP contribution is -2.31. The Kier molecular flexibility index (Phi) is 6.79. The van der Waals surface area contributed by atoms with Crippen molar-refractivity contribution >= 4 is 28.4 Å². The van der Waals surface area contributed by atoms with Gasteiger partial charge in [0.1, 0.15) is 23.0 Å². The fraction of sp³-hybridized carbons (Fsp3) is 0.200. The molecule has 8 nitrogen and oxygen atoms in total. The van der Waals surface area contributed by atoms with Crippen LogP contribution < -0.4 is 14.2 Å². The molecule has 2 heterocycles. The number of methoxy groups -OCH3 is 3. The third kappa shape index (κ3) is 4.45. The number of rotatable bonds is 8. The summed E-state index contributed by atoms with van der Waals surface area (Å²) >= 11 is 0. The maximum absolute atomic E-state index is 13.4. The highest BCUT2D eigenvalue weighted by Crippen LogP contribution is 2.41. The van der Waals surface area contributed by atoms with Gasteiger partial charge in [-0.15, -0.1) is 0 Å². The number of hydrogen-bond donors (Lipinski definition) is 2. The second kappa shape index (κ2) is 10.3. The van der Waals surface area contributed by atoms with Gasteiger partial charge in [0, 0.05) is 29.2 Å². The van der Waals surface area contributed by atoms with E-state index in [1.165, 1.54) is 12.0 Å². The van der Waals surface area contributed by atoms with Crippen LogP contribution in [0.5, 0.6) is 17.2 Å². The normalized spacial score (nSPS) is 16.7. The molecule has 1 aliphatic rings. The molecule has 0 spiro atoms. The number of aliphatic hydroxyl groups excluding tert-OH is 1. The first-order chi connectivity index (χ1) is 18.4. The molecule has 0 radical (unpaired) electrons. The fourth-order valence-electron chi connectivity index (χ4n) is 4.93. The van der Waals surface area contributed by atoms with E-state index in [1.807, 2.05) is 30.5 Å². The molecule has 2 N–H and O–H groups in total. The van der Waals surface area contributed by atoms with Gasteiger partial charge in [-0.1, -0.05) is 24.3 Å². The van der Waals surface area contributed by atoms with Crippen LogP contribution in [0, 0.1) is 0 Å². The minimum atomic E-state index is -0.795. The SMILES string of the molecule is COc1cccc(C(O)=C2C(=O)C(=O)N(CCc3c[nH]c4ccc(OC)cc34)[C@@H]2c2cccc(OC)c2)c1. The average Bonchev–Trinajstić information content (AvgIpc) is 3.48. The zero-order valence-corrected chi connectivity index (χ0v) is 21.4. The van der Waals surface area contributed by atoms with Crippen LogP contribution in [-0.4, -0.2) is 54.6 Å². The third-order valence-electron chi connectivity index (χ3n) is 6.89. The summed E-state index contributed by atoms with van der Waals surface area (Å²) in [7, 11) is 4.69. The number of fused-ring (bicyclic) bond motifs is 1. The molecule has 4 aromatic rings. The molecule has 1 aliphatic heterocycles. The van der Waals surface area contributed by atoms with Crippen LogP contribution in [0.1, 0.15) is 22.7 Å². The van der Waals surface area contributed by atoms with E-state index in [4.69, 9.17) is 14.2 Å². The van der Waals surface area contributed by atoms with Gasteiger partial charge >= 0.3 is 0 Å². The molecule has 0 aliphatic carbocycles. The quantitative estimate of drug-likeness (QED) is 0.199. The molecule has 3 aromatic carbocycles. The minimum absolute atomic E-state index is 0.0251. The summed E-state index contributed by atoms with van der Waals surface area (Å²) in [6, 6.07) is 18.9. The van der Waals surface area contributed by atoms with E-state index < -0.39 is 17.7 Å². The van der Waals surface area contributed by atoms with Crippen molar-refractivity contribution < 1.29 is 28.9 Å². The number of carbonyl (C=O) groups excluding carboxylic acids is 2. The molecule has 1 aromatic heterocycles. The molecule has 0 unspecified atom stereocenters. The molecule has 5 rings (SSSR count). The van der Waals surface area contributed by atoms with Crippen LogP contribution in [0.2, 0.25) is 0 Å². The van der Waals surface area contributed by atoms with E-state index in [0.29, 0.717) is 29.0 Å². The monoisotopic (exact) mass is 512 g/mol. The number of aromatic amines is 1. The molecular formula is C30H28N2O6. The lowest BCUT2D eigenvalue weighted by molar-refractivity contribution is -0.139. The van der Waals surface area contributed by atoms with Gasteiger partial charge < -0.3 is 29.2 Å². The summed E-state index contributed by atoms with van der Waals surface area (Å²) in [5, 5.41) is 12.3. The van der Waals surface area contributed by atoms with Gasteiger partial charge in [-0.25, -0.2) is 0 Å². The second-order valence-corrected chi connectivity index (χ2v) is 8.98. The van der Waals surface area contributed by atoms with Gasteiger partial charge in [0.05, 0.1) is 32.9 Å². The Labute approximate surface area is 220 Å². The smallest absolute Gasteiger partial charge is 0.295 e. The highest BCUT2D eigenvalue weighted by molar-refractivity contribution is 6.46. The molecule has 0 saturated carbocycles. The van der Waals surface area contributed by atoms with Gasteiger partial charge in [0.25, 0.3) is 11.7 Å². The second-order valence-electron chi connectivity index (χ2n) is 8.98. The maximum Gasteiger partial charge on any atom is 0.295 e. The van der Waals surface area contributed by atoms with Gasteiger partial charge in [-0.05, 0) is 60.0 Å². The Morgan fingerprint density at radius 2 is 1.58 bits per heavy atom. The molecule has 194 valence electrons. The largest absolute Gasteiger partial charge is 0.507 e. The van der Waals surface area contributed by atoms with Crippen LogP contribution in [0.15, 0.2) is 78.5 Å². The molecule has 8 heteroatoms. The van der Waals surface area contributed by atoms with Crippen LogP contribution in [-0.2, 0) is 16.0 Å². The summed E-state index contributed by atoms with van der Waals surface area (Å²) in [5.41, 5.74) is 3.01. The zero-order chi connectivity index (χ0) is 26.8. The van der Waals surface area contributed by atoms with Crippen LogP contribution in [0.3, 0.4) is 0 Å². The number of benzene rings is 3. The van der Waals surface area contributed by atoms with E-state index in [0.717, 1.165) is 22.2 Å². The fourth-order valence-corrected chi connectivity index (χ4v) is 4.93. The van der Waals surface area contributed by atoms with E-state index in [1.54, 1.807) is 56.7 Å². The number of Topliss-reactive ketones (excluding diaryl/α,β-unsaturated/α-hetero) is 1. The number of ketones is 1. The summed E-state index contributed by atoms with van der Waals surface area (Å²) in [6.07, 6.45) is 2.39. The first-order valence-corrected chi connectivity index (χ1v) is 12.2. The number of likely N-dealkylation sites (tertiary alicyclic amines) is 1. The highest BCUT2D eigenvalue weighted by atomic mass is 16.5. The molecule has 38 heavy (non-hydrogen) atoms. The van der Waals surface area contributed by atoms with Crippen molar-refractivity contribution in [3.63, 3.8) is 0 Å². The van der Waals surface area contributed by atoms with Crippen molar-refractivity contribution in [3.8, 4) is 17.2 Å². The number of aliphatic hydroxyl groups is 1. The Morgan fingerprint density at radius 3 is 2.32 bits per heavy atom. The summed E-state index contributed by atoms with van der Waals surface area (Å²) < 4.78 is 16.1. The van der Waals surface area contributed by atoms with Crippen molar-refractivity contribution in [2.75, 3.05) is 27.9 Å². The van der Waals surface area contributed by atoms with Crippen LogP contribution in [0.25, 0.3) is 16.7 Å². The Morgan fingerprint density at radius 1 is 0.895 bits per heavy atom. The van der Waals surface area contributed by atoms with Gasteiger partial charge in [-0.2, -0.15) is 0 Å². The standard InChI is InChI=1S/C30H28N2O6/c1-36-21-8-4-6-18(14-21)27-26(28(33)19-7-5-9-22(15-19)37-2)29(34)30(35)32(27)13-12-20-17-31-25-11-10-23(38-3)16-24(20)25/h4-11,14-17,27,31,33H,12-13H2,1-3H3/t27-/m1/s1. The summed E-state index contributed by atoms with van der Waals surface area (Å²) in [5.74, 6) is 0.176. The van der Waals surface area contributed by atoms with Crippen molar-refractivity contribution in [2.24, 2.45) is 0 Å². The average molecular weight is 513 g/mol. The predicted octanol–water partition coefficient (Wildman–Crippen LogP) is 4.86. The number of ether oxygens (including phenoxy) is 3. The van der Waals surface area contributed by atoms with Crippen molar-refractivity contribution in [3.05, 3.63) is 95.2 Å². The molecule has 0 bridgehead atoms. The number of hydrogen-bond acceptors (Lipinski definition) is 6. The minimum Gasteiger partial charge on any atom is -0.507 e. The maximum atomic E-state index is 13.4. The Bertz CT molecular complexity index is 1550. The van der Waals surface area contributed by atoms with E-state index >= 15 is 0 Å². The Hall–Kier alpha value is -4.72. The van der Waals surface area contributed by atoms with E-state index in [2.05, 4.69) is 4.98 Å². The first kappa shape index (κ1) is 25.0. The summed E-state index contributed by atoms with van der Waals surface area (Å²) in [4.78, 5) is 31.5. The van der Waals surface area contributed by atoms with Crippen molar-refractivity contribution in [1.82, 2.24) is 9.88 Å². The molecule has 1 fully saturated rings. The lowest BCUT2D eigenvalue weighted by atomic mass is 9.95. The number of amides is 1. The van der Waals surface area contributed by atoms with Gasteiger partial charge in [0.15, 0.2) is 0 Å². The zero-order valence-electron chi connectivity index (χ0n) is 21.4. The van der Waals surface area contributed by atoms with Crippen LogP contribution >= 0.6 is 0 Å². The number of aromatic nitrogens is 1. The van der Waals surface area contributed by atoms with E-state index in [9.17, 15) is 14.7 Å². The van der Waals surface area contributed by atoms with Gasteiger partial charge in [-0.3, -0.25) is 9.59 Å². The summed E-state index contributed by atoms with van der Waals surface area (Å²) in [6.45, 7) is 0.255. The van der Waals surface area contributed by atoms with Crippen LogP contribution in [0.4, 0.5) is 0 Å². The lowest BCUT2D eigenvalue weighted by Gasteiger charge is -2.25.